The van der Waals surface area contributed by atoms with Crippen LogP contribution in [0.1, 0.15) is 30.7 Å². The highest BCUT2D eigenvalue weighted by Crippen LogP contribution is 2.33. The largest absolute Gasteiger partial charge is 0.423 e. The van der Waals surface area contributed by atoms with Crippen LogP contribution in [-0.4, -0.2) is 11.2 Å². The van der Waals surface area contributed by atoms with Gasteiger partial charge in [-0.3, -0.25) is 0 Å². The Morgan fingerprint density at radius 1 is 1.24 bits per heavy atom. The Labute approximate surface area is 98.7 Å². The summed E-state index contributed by atoms with van der Waals surface area (Å²) >= 11 is 0. The van der Waals surface area contributed by atoms with Crippen LogP contribution in [0.25, 0.3) is 11.0 Å². The van der Waals surface area contributed by atoms with Crippen LogP contribution < -0.4 is 5.63 Å². The first-order valence-corrected chi connectivity index (χ1v) is 5.96. The summed E-state index contributed by atoms with van der Waals surface area (Å²) in [5.74, 6) is -0.0594. The maximum Gasteiger partial charge on any atom is 0.339 e. The molecule has 1 aliphatic rings. The van der Waals surface area contributed by atoms with Gasteiger partial charge in [0.05, 0.1) is 6.10 Å². The van der Waals surface area contributed by atoms with Gasteiger partial charge in [0.15, 0.2) is 0 Å². The third-order valence-corrected chi connectivity index (χ3v) is 3.55. The molecule has 3 nitrogen and oxygen atoms in total. The Morgan fingerprint density at radius 2 is 2.06 bits per heavy atom. The third kappa shape index (κ3) is 1.76. The highest BCUT2D eigenvalue weighted by atomic mass is 16.4. The molecule has 1 aromatic carbocycles. The Hall–Kier alpha value is -1.61. The van der Waals surface area contributed by atoms with Gasteiger partial charge in [-0.05, 0) is 25.0 Å². The highest BCUT2D eigenvalue weighted by molar-refractivity contribution is 5.76. The van der Waals surface area contributed by atoms with E-state index in [4.69, 9.17) is 4.42 Å². The molecule has 2 aromatic rings. The first-order chi connectivity index (χ1) is 8.25. The van der Waals surface area contributed by atoms with E-state index in [9.17, 15) is 9.90 Å². The summed E-state index contributed by atoms with van der Waals surface area (Å²) in [6, 6.07) is 9.32. The number of fused-ring (bicyclic) bond motifs is 1. The van der Waals surface area contributed by atoms with Crippen LogP contribution in [0.5, 0.6) is 0 Å². The third-order valence-electron chi connectivity index (χ3n) is 3.55. The second-order valence-electron chi connectivity index (χ2n) is 4.63. The summed E-state index contributed by atoms with van der Waals surface area (Å²) in [5.41, 5.74) is 0.914. The molecule has 3 heteroatoms. The number of benzene rings is 1. The fourth-order valence-corrected chi connectivity index (χ4v) is 2.64. The topological polar surface area (TPSA) is 50.4 Å². The summed E-state index contributed by atoms with van der Waals surface area (Å²) in [7, 11) is 0. The molecule has 1 heterocycles. The molecule has 0 unspecified atom stereocenters. The van der Waals surface area contributed by atoms with E-state index in [1.165, 1.54) is 0 Å². The fourth-order valence-electron chi connectivity index (χ4n) is 2.64. The maximum atomic E-state index is 11.9. The molecule has 0 spiro atoms. The van der Waals surface area contributed by atoms with Crippen LogP contribution in [0.2, 0.25) is 0 Å². The van der Waals surface area contributed by atoms with Crippen LogP contribution in [0.15, 0.2) is 39.5 Å². The lowest BCUT2D eigenvalue weighted by Gasteiger charge is -2.13. The minimum absolute atomic E-state index is 0.0594. The summed E-state index contributed by atoms with van der Waals surface area (Å²) in [6.07, 6.45) is 2.21. The van der Waals surface area contributed by atoms with E-state index >= 15 is 0 Å². The van der Waals surface area contributed by atoms with E-state index in [1.807, 2.05) is 24.3 Å². The van der Waals surface area contributed by atoms with Crippen molar-refractivity contribution >= 4 is 11.0 Å². The second-order valence-corrected chi connectivity index (χ2v) is 4.63. The molecule has 17 heavy (non-hydrogen) atoms. The second kappa shape index (κ2) is 4.00. The van der Waals surface area contributed by atoms with Gasteiger partial charge in [0.1, 0.15) is 5.58 Å². The number of aliphatic hydroxyl groups is 1. The van der Waals surface area contributed by atoms with Crippen molar-refractivity contribution in [2.24, 2.45) is 0 Å². The van der Waals surface area contributed by atoms with Crippen molar-refractivity contribution < 1.29 is 9.52 Å². The maximum absolute atomic E-state index is 11.9. The molecule has 0 aliphatic heterocycles. The van der Waals surface area contributed by atoms with Gasteiger partial charge in [-0.25, -0.2) is 4.79 Å². The van der Waals surface area contributed by atoms with E-state index in [1.54, 1.807) is 6.07 Å². The molecule has 1 aromatic heterocycles. The lowest BCUT2D eigenvalue weighted by atomic mass is 9.96. The molecular weight excluding hydrogens is 216 g/mol. The van der Waals surface area contributed by atoms with Gasteiger partial charge in [-0.2, -0.15) is 0 Å². The molecule has 0 amide bonds. The summed E-state index contributed by atoms with van der Waals surface area (Å²) in [6.45, 7) is 0. The number of para-hydroxylation sites is 1. The van der Waals surface area contributed by atoms with Gasteiger partial charge >= 0.3 is 5.63 Å². The van der Waals surface area contributed by atoms with E-state index in [-0.39, 0.29) is 11.5 Å². The monoisotopic (exact) mass is 230 g/mol. The SMILES string of the molecule is O=c1oc2ccccc2cc1[C@H]1CCC[C@@H]1O. The van der Waals surface area contributed by atoms with Crippen LogP contribution >= 0.6 is 0 Å². The molecular formula is C14H14O3. The van der Waals surface area contributed by atoms with Crippen LogP contribution in [-0.2, 0) is 0 Å². The smallest absolute Gasteiger partial charge is 0.339 e. The number of aliphatic hydroxyl groups excluding tert-OH is 1. The van der Waals surface area contributed by atoms with Crippen molar-refractivity contribution in [1.29, 1.82) is 0 Å². The average molecular weight is 230 g/mol. The Kier molecular flexibility index (Phi) is 2.48. The highest BCUT2D eigenvalue weighted by Gasteiger charge is 2.29. The van der Waals surface area contributed by atoms with Gasteiger partial charge in [0, 0.05) is 16.9 Å². The van der Waals surface area contributed by atoms with Gasteiger partial charge in [0.2, 0.25) is 0 Å². The zero-order valence-corrected chi connectivity index (χ0v) is 9.43. The summed E-state index contributed by atoms with van der Waals surface area (Å²) < 4.78 is 5.29. The molecule has 2 atom stereocenters. The van der Waals surface area contributed by atoms with E-state index in [0.717, 1.165) is 24.6 Å². The quantitative estimate of drug-likeness (QED) is 0.765. The lowest BCUT2D eigenvalue weighted by Crippen LogP contribution is -2.18. The molecule has 88 valence electrons. The Morgan fingerprint density at radius 3 is 2.82 bits per heavy atom. The number of hydrogen-bond donors (Lipinski definition) is 1. The summed E-state index contributed by atoms with van der Waals surface area (Å²) in [4.78, 5) is 11.9. The molecule has 0 bridgehead atoms. The number of rotatable bonds is 1. The van der Waals surface area contributed by atoms with Crippen molar-refractivity contribution in [3.05, 3.63) is 46.3 Å². The van der Waals surface area contributed by atoms with Crippen LogP contribution in [0, 0.1) is 0 Å². The molecule has 1 saturated carbocycles. The minimum atomic E-state index is -0.404. The van der Waals surface area contributed by atoms with E-state index in [2.05, 4.69) is 0 Å². The molecule has 0 radical (unpaired) electrons. The fraction of sp³-hybridized carbons (Fsp3) is 0.357. The lowest BCUT2D eigenvalue weighted by molar-refractivity contribution is 0.162. The standard InChI is InChI=1S/C14H14O3/c15-12-6-3-5-10(12)11-8-9-4-1-2-7-13(9)17-14(11)16/h1-2,4,7-8,10,12,15H,3,5-6H2/t10-,12+/m1/s1. The van der Waals surface area contributed by atoms with Crippen molar-refractivity contribution in [3.8, 4) is 0 Å². The first-order valence-electron chi connectivity index (χ1n) is 5.96. The van der Waals surface area contributed by atoms with Crippen LogP contribution in [0.3, 0.4) is 0 Å². The predicted octanol–water partition coefficient (Wildman–Crippen LogP) is 2.42. The van der Waals surface area contributed by atoms with Crippen LogP contribution in [0.4, 0.5) is 0 Å². The van der Waals surface area contributed by atoms with Crippen molar-refractivity contribution in [2.75, 3.05) is 0 Å². The predicted molar refractivity (Wildman–Crippen MR) is 65.1 cm³/mol. The van der Waals surface area contributed by atoms with Gasteiger partial charge in [0.25, 0.3) is 0 Å². The van der Waals surface area contributed by atoms with Crippen molar-refractivity contribution in [2.45, 2.75) is 31.3 Å². The minimum Gasteiger partial charge on any atom is -0.423 e. The average Bonchev–Trinajstić information content (AvgIpc) is 2.74. The molecule has 1 aliphatic carbocycles. The Balaban J connectivity index is 2.16. The van der Waals surface area contributed by atoms with Gasteiger partial charge in [-0.1, -0.05) is 24.6 Å². The molecule has 0 saturated heterocycles. The molecule has 1 N–H and O–H groups in total. The normalized spacial score (nSPS) is 24.3. The summed E-state index contributed by atoms with van der Waals surface area (Å²) in [5, 5.41) is 10.8. The van der Waals surface area contributed by atoms with Crippen molar-refractivity contribution in [1.82, 2.24) is 0 Å². The van der Waals surface area contributed by atoms with Gasteiger partial charge in [-0.15, -0.1) is 0 Å². The zero-order chi connectivity index (χ0) is 11.8. The van der Waals surface area contributed by atoms with Gasteiger partial charge < -0.3 is 9.52 Å². The van der Waals surface area contributed by atoms with E-state index in [0.29, 0.717) is 11.1 Å². The first kappa shape index (κ1) is 10.5. The Bertz CT molecular complexity index is 600. The number of hydrogen-bond acceptors (Lipinski definition) is 3. The van der Waals surface area contributed by atoms with E-state index < -0.39 is 6.10 Å². The molecule has 1 fully saturated rings. The molecule has 3 rings (SSSR count). The zero-order valence-electron chi connectivity index (χ0n) is 9.43. The van der Waals surface area contributed by atoms with Crippen molar-refractivity contribution in [3.63, 3.8) is 0 Å².